The zero-order valence-corrected chi connectivity index (χ0v) is 12.4. The van der Waals surface area contributed by atoms with Crippen molar-refractivity contribution in [3.63, 3.8) is 0 Å². The number of hydrogen-bond donors (Lipinski definition) is 1. The van der Waals surface area contributed by atoms with Gasteiger partial charge in [0.1, 0.15) is 0 Å². The number of nitrogens with zero attached hydrogens (tertiary/aromatic N) is 1. The van der Waals surface area contributed by atoms with Crippen LogP contribution in [-0.4, -0.2) is 4.98 Å². The summed E-state index contributed by atoms with van der Waals surface area (Å²) in [4.78, 5) is 5.69. The summed E-state index contributed by atoms with van der Waals surface area (Å²) < 4.78 is 0. The molecule has 1 aromatic heterocycles. The Morgan fingerprint density at radius 1 is 1.28 bits per heavy atom. The van der Waals surface area contributed by atoms with Gasteiger partial charge in [-0.2, -0.15) is 0 Å². The number of rotatable bonds is 3. The van der Waals surface area contributed by atoms with Gasteiger partial charge in [0, 0.05) is 16.5 Å². The first kappa shape index (κ1) is 13.4. The molecule has 0 fully saturated rings. The molecule has 4 heteroatoms. The highest BCUT2D eigenvalue weighted by molar-refractivity contribution is 7.11. The van der Waals surface area contributed by atoms with Gasteiger partial charge in [-0.3, -0.25) is 0 Å². The van der Waals surface area contributed by atoms with Crippen molar-refractivity contribution in [2.24, 2.45) is 0 Å². The van der Waals surface area contributed by atoms with Gasteiger partial charge in [0.05, 0.1) is 22.3 Å². The highest BCUT2D eigenvalue weighted by atomic mass is 35.5. The highest BCUT2D eigenvalue weighted by Crippen LogP contribution is 2.28. The maximum atomic E-state index is 6.09. The van der Waals surface area contributed by atoms with E-state index in [1.165, 1.54) is 9.88 Å². The van der Waals surface area contributed by atoms with Gasteiger partial charge in [0.15, 0.2) is 0 Å². The molecule has 0 saturated carbocycles. The van der Waals surface area contributed by atoms with Crippen LogP contribution in [0.4, 0.5) is 5.69 Å². The molecule has 2 nitrogen and oxygen atoms in total. The number of aromatic nitrogens is 1. The molecular formula is C14H17ClN2S. The van der Waals surface area contributed by atoms with Crippen molar-refractivity contribution < 1.29 is 0 Å². The van der Waals surface area contributed by atoms with E-state index in [0.717, 1.165) is 17.3 Å². The Hall–Kier alpha value is -1.06. The number of para-hydroxylation sites is 1. The second kappa shape index (κ2) is 5.29. The lowest BCUT2D eigenvalue weighted by molar-refractivity contribution is 0.585. The van der Waals surface area contributed by atoms with Gasteiger partial charge in [-0.25, -0.2) is 4.98 Å². The average Bonchev–Trinajstić information content (AvgIpc) is 2.76. The van der Waals surface area contributed by atoms with E-state index in [0.29, 0.717) is 0 Å². The Morgan fingerprint density at radius 2 is 2.00 bits per heavy atom. The third-order valence-electron chi connectivity index (χ3n) is 2.52. The average molecular weight is 281 g/mol. The van der Waals surface area contributed by atoms with Crippen LogP contribution >= 0.6 is 22.9 Å². The Bertz CT molecular complexity index is 529. The van der Waals surface area contributed by atoms with Gasteiger partial charge < -0.3 is 5.32 Å². The second-order valence-corrected chi connectivity index (χ2v) is 6.74. The molecule has 0 amide bonds. The second-order valence-electron chi connectivity index (χ2n) is 5.22. The third kappa shape index (κ3) is 3.24. The Labute approximate surface area is 117 Å². The van der Waals surface area contributed by atoms with Gasteiger partial charge in [-0.15, -0.1) is 11.3 Å². The molecule has 18 heavy (non-hydrogen) atoms. The van der Waals surface area contributed by atoms with E-state index in [1.54, 1.807) is 11.3 Å². The highest BCUT2D eigenvalue weighted by Gasteiger charge is 2.17. The van der Waals surface area contributed by atoms with Gasteiger partial charge >= 0.3 is 0 Å². The molecule has 0 radical (unpaired) electrons. The summed E-state index contributed by atoms with van der Waals surface area (Å²) in [5.74, 6) is 0. The van der Waals surface area contributed by atoms with Gasteiger partial charge in [-0.1, -0.05) is 44.5 Å². The lowest BCUT2D eigenvalue weighted by atomic mass is 9.98. The first-order valence-corrected chi connectivity index (χ1v) is 7.10. The summed E-state index contributed by atoms with van der Waals surface area (Å²) in [6.45, 7) is 7.29. The minimum absolute atomic E-state index is 0.118. The van der Waals surface area contributed by atoms with E-state index in [9.17, 15) is 0 Å². The van der Waals surface area contributed by atoms with Crippen LogP contribution in [0.2, 0.25) is 5.02 Å². The first-order valence-electron chi connectivity index (χ1n) is 5.90. The lowest BCUT2D eigenvalue weighted by Gasteiger charge is -2.13. The molecule has 96 valence electrons. The van der Waals surface area contributed by atoms with E-state index in [-0.39, 0.29) is 5.41 Å². The van der Waals surface area contributed by atoms with E-state index in [4.69, 9.17) is 11.6 Å². The summed E-state index contributed by atoms with van der Waals surface area (Å²) in [6.07, 6.45) is 1.94. The zero-order chi connectivity index (χ0) is 13.2. The molecule has 1 N–H and O–H groups in total. The van der Waals surface area contributed by atoms with Crippen LogP contribution in [0.25, 0.3) is 0 Å². The third-order valence-corrected chi connectivity index (χ3v) is 4.27. The van der Waals surface area contributed by atoms with Gasteiger partial charge in [-0.05, 0) is 12.1 Å². The first-order chi connectivity index (χ1) is 8.47. The van der Waals surface area contributed by atoms with Crippen molar-refractivity contribution >= 4 is 28.6 Å². The fraction of sp³-hybridized carbons (Fsp3) is 0.357. The van der Waals surface area contributed by atoms with Crippen molar-refractivity contribution in [3.8, 4) is 0 Å². The van der Waals surface area contributed by atoms with Crippen molar-refractivity contribution in [3.05, 3.63) is 45.4 Å². The van der Waals surface area contributed by atoms with Crippen LogP contribution in [0, 0.1) is 0 Å². The van der Waals surface area contributed by atoms with Crippen LogP contribution < -0.4 is 5.32 Å². The SMILES string of the molecule is CC(C)(C)c1ncc(CNc2ccccc2Cl)s1. The largest absolute Gasteiger partial charge is 0.379 e. The zero-order valence-electron chi connectivity index (χ0n) is 10.8. The number of hydrogen-bond acceptors (Lipinski definition) is 3. The maximum absolute atomic E-state index is 6.09. The van der Waals surface area contributed by atoms with E-state index < -0.39 is 0 Å². The number of halogens is 1. The van der Waals surface area contributed by atoms with Crippen LogP contribution in [0.1, 0.15) is 30.7 Å². The molecule has 0 aliphatic carbocycles. The van der Waals surface area contributed by atoms with Crippen LogP contribution in [0.15, 0.2) is 30.5 Å². The number of anilines is 1. The molecule has 0 aliphatic rings. The van der Waals surface area contributed by atoms with E-state index in [2.05, 4.69) is 31.1 Å². The van der Waals surface area contributed by atoms with Crippen LogP contribution in [-0.2, 0) is 12.0 Å². The number of benzene rings is 1. The summed E-state index contributed by atoms with van der Waals surface area (Å²) in [7, 11) is 0. The van der Waals surface area contributed by atoms with Gasteiger partial charge in [0.25, 0.3) is 0 Å². The molecule has 1 aromatic carbocycles. The molecule has 2 rings (SSSR count). The molecule has 0 atom stereocenters. The molecule has 0 saturated heterocycles. The topological polar surface area (TPSA) is 24.9 Å². The Balaban J connectivity index is 2.03. The van der Waals surface area contributed by atoms with Crippen molar-refractivity contribution in [2.45, 2.75) is 32.7 Å². The molecule has 0 unspecified atom stereocenters. The molecule has 0 aliphatic heterocycles. The fourth-order valence-electron chi connectivity index (χ4n) is 1.52. The molecule has 2 aromatic rings. The van der Waals surface area contributed by atoms with Crippen molar-refractivity contribution in [2.75, 3.05) is 5.32 Å². The van der Waals surface area contributed by atoms with E-state index in [1.807, 2.05) is 30.5 Å². The molecule has 0 bridgehead atoms. The quantitative estimate of drug-likeness (QED) is 0.881. The predicted octanol–water partition coefficient (Wildman–Crippen LogP) is 4.71. The standard InChI is InChI=1S/C14H17ClN2S/c1-14(2,3)13-17-9-10(18-13)8-16-12-7-5-4-6-11(12)15/h4-7,9,16H,8H2,1-3H3. The fourth-order valence-corrected chi connectivity index (χ4v) is 2.64. The van der Waals surface area contributed by atoms with Crippen LogP contribution in [0.3, 0.4) is 0 Å². The van der Waals surface area contributed by atoms with Crippen molar-refractivity contribution in [1.29, 1.82) is 0 Å². The lowest BCUT2D eigenvalue weighted by Crippen LogP contribution is -2.09. The minimum Gasteiger partial charge on any atom is -0.379 e. The molecular weight excluding hydrogens is 264 g/mol. The molecule has 1 heterocycles. The van der Waals surface area contributed by atoms with Crippen molar-refractivity contribution in [1.82, 2.24) is 4.98 Å². The monoisotopic (exact) mass is 280 g/mol. The van der Waals surface area contributed by atoms with Gasteiger partial charge in [0.2, 0.25) is 0 Å². The maximum Gasteiger partial charge on any atom is 0.0981 e. The number of nitrogens with one attached hydrogen (secondary N) is 1. The normalized spacial score (nSPS) is 11.6. The Morgan fingerprint density at radius 3 is 2.61 bits per heavy atom. The molecule has 0 spiro atoms. The summed E-state index contributed by atoms with van der Waals surface area (Å²) in [5, 5.41) is 5.25. The minimum atomic E-state index is 0.118. The number of thiazole rings is 1. The van der Waals surface area contributed by atoms with E-state index >= 15 is 0 Å². The summed E-state index contributed by atoms with van der Waals surface area (Å²) >= 11 is 7.84. The Kier molecular flexibility index (Phi) is 3.93. The predicted molar refractivity (Wildman–Crippen MR) is 79.6 cm³/mol. The summed E-state index contributed by atoms with van der Waals surface area (Å²) in [6, 6.07) is 7.77. The van der Waals surface area contributed by atoms with Crippen LogP contribution in [0.5, 0.6) is 0 Å². The smallest absolute Gasteiger partial charge is 0.0981 e. The summed E-state index contributed by atoms with van der Waals surface area (Å²) in [5.41, 5.74) is 1.08.